The standard InChI is InChI=1S/C17H24N2O4/c1-9-13(10(2)23-19-9)6-7-14(20)18-16-12-5-4-11(8-12)15(16)17(21)22-3/h11-12,15-16H,4-8H2,1-3H3,(H,18,20)/t11-,12-,15+,16+/m0/s1. The van der Waals surface area contributed by atoms with Crippen LogP contribution in [0.2, 0.25) is 0 Å². The zero-order valence-corrected chi connectivity index (χ0v) is 13.9. The van der Waals surface area contributed by atoms with Crippen LogP contribution in [0.1, 0.15) is 42.7 Å². The molecular weight excluding hydrogens is 296 g/mol. The number of hydrogen-bond donors (Lipinski definition) is 1. The van der Waals surface area contributed by atoms with Crippen molar-refractivity contribution >= 4 is 11.9 Å². The molecule has 2 fully saturated rings. The summed E-state index contributed by atoms with van der Waals surface area (Å²) in [5, 5.41) is 6.99. The third-order valence-electron chi connectivity index (χ3n) is 5.50. The zero-order chi connectivity index (χ0) is 16.6. The summed E-state index contributed by atoms with van der Waals surface area (Å²) in [6.07, 6.45) is 4.17. The van der Waals surface area contributed by atoms with E-state index >= 15 is 0 Å². The van der Waals surface area contributed by atoms with Crippen LogP contribution in [0.5, 0.6) is 0 Å². The van der Waals surface area contributed by atoms with Crippen molar-refractivity contribution in [2.75, 3.05) is 7.11 Å². The number of esters is 1. The fraction of sp³-hybridized carbons (Fsp3) is 0.706. The summed E-state index contributed by atoms with van der Waals surface area (Å²) in [6, 6.07) is -0.0710. The molecule has 0 aliphatic heterocycles. The lowest BCUT2D eigenvalue weighted by Gasteiger charge is -2.29. The maximum Gasteiger partial charge on any atom is 0.311 e. The number of methoxy groups -OCH3 is 1. The smallest absolute Gasteiger partial charge is 0.311 e. The van der Waals surface area contributed by atoms with E-state index in [0.717, 1.165) is 36.3 Å². The predicted octanol–water partition coefficient (Wildman–Crippen LogP) is 1.93. The second kappa shape index (κ2) is 6.34. The van der Waals surface area contributed by atoms with Gasteiger partial charge in [0.2, 0.25) is 5.91 Å². The molecule has 1 aromatic heterocycles. The molecule has 126 valence electrons. The van der Waals surface area contributed by atoms with Crippen molar-refractivity contribution in [3.05, 3.63) is 17.0 Å². The molecule has 0 saturated heterocycles. The highest BCUT2D eigenvalue weighted by Crippen LogP contribution is 2.48. The van der Waals surface area contributed by atoms with Gasteiger partial charge in [-0.15, -0.1) is 0 Å². The minimum Gasteiger partial charge on any atom is -0.469 e. The number of rotatable bonds is 5. The third kappa shape index (κ3) is 2.99. The molecule has 4 atom stereocenters. The van der Waals surface area contributed by atoms with Crippen LogP contribution in [0.4, 0.5) is 0 Å². The molecule has 6 heteroatoms. The zero-order valence-electron chi connectivity index (χ0n) is 13.9. The Morgan fingerprint density at radius 3 is 2.70 bits per heavy atom. The van der Waals surface area contributed by atoms with Gasteiger partial charge in [0.15, 0.2) is 0 Å². The van der Waals surface area contributed by atoms with E-state index in [-0.39, 0.29) is 23.8 Å². The summed E-state index contributed by atoms with van der Waals surface area (Å²) in [5.74, 6) is 1.15. The van der Waals surface area contributed by atoms with E-state index in [1.807, 2.05) is 13.8 Å². The number of nitrogens with zero attached hydrogens (tertiary/aromatic N) is 1. The van der Waals surface area contributed by atoms with Gasteiger partial charge in [-0.25, -0.2) is 0 Å². The Labute approximate surface area is 135 Å². The van der Waals surface area contributed by atoms with Crippen LogP contribution in [-0.4, -0.2) is 30.2 Å². The van der Waals surface area contributed by atoms with Crippen molar-refractivity contribution in [1.29, 1.82) is 0 Å². The third-order valence-corrected chi connectivity index (χ3v) is 5.50. The molecule has 3 rings (SSSR count). The van der Waals surface area contributed by atoms with Gasteiger partial charge in [-0.1, -0.05) is 5.16 Å². The predicted molar refractivity (Wildman–Crippen MR) is 82.6 cm³/mol. The number of ether oxygens (including phenoxy) is 1. The number of aromatic nitrogens is 1. The van der Waals surface area contributed by atoms with Gasteiger partial charge in [0.25, 0.3) is 0 Å². The molecule has 1 heterocycles. The van der Waals surface area contributed by atoms with Gasteiger partial charge in [0.1, 0.15) is 5.76 Å². The van der Waals surface area contributed by atoms with Crippen molar-refractivity contribution in [1.82, 2.24) is 10.5 Å². The van der Waals surface area contributed by atoms with Gasteiger partial charge in [0.05, 0.1) is 18.7 Å². The van der Waals surface area contributed by atoms with E-state index in [1.54, 1.807) is 0 Å². The number of hydrogen-bond acceptors (Lipinski definition) is 5. The monoisotopic (exact) mass is 320 g/mol. The van der Waals surface area contributed by atoms with Crippen LogP contribution in [0.3, 0.4) is 0 Å². The van der Waals surface area contributed by atoms with Crippen LogP contribution in [0.15, 0.2) is 4.52 Å². The minimum atomic E-state index is -0.187. The topological polar surface area (TPSA) is 81.4 Å². The summed E-state index contributed by atoms with van der Waals surface area (Å²) < 4.78 is 10.1. The van der Waals surface area contributed by atoms with E-state index in [1.165, 1.54) is 7.11 Å². The first-order valence-corrected chi connectivity index (χ1v) is 8.30. The normalized spacial score (nSPS) is 28.8. The highest BCUT2D eigenvalue weighted by atomic mass is 16.5. The SMILES string of the molecule is COC(=O)[C@@H]1[C@H]2CC[C@@H](C2)[C@H]1NC(=O)CCc1c(C)noc1C. The first-order valence-electron chi connectivity index (χ1n) is 8.30. The summed E-state index contributed by atoms with van der Waals surface area (Å²) in [6.45, 7) is 3.74. The lowest BCUT2D eigenvalue weighted by Crippen LogP contribution is -2.47. The molecule has 1 aromatic rings. The fourth-order valence-electron chi connectivity index (χ4n) is 4.33. The summed E-state index contributed by atoms with van der Waals surface area (Å²) in [5.41, 5.74) is 1.83. The molecule has 2 saturated carbocycles. The van der Waals surface area contributed by atoms with E-state index in [9.17, 15) is 9.59 Å². The Bertz CT molecular complexity index is 590. The first kappa shape index (κ1) is 16.0. The van der Waals surface area contributed by atoms with Crippen molar-refractivity contribution in [2.24, 2.45) is 17.8 Å². The van der Waals surface area contributed by atoms with Crippen molar-refractivity contribution in [3.8, 4) is 0 Å². The molecule has 0 unspecified atom stereocenters. The highest BCUT2D eigenvalue weighted by Gasteiger charge is 2.51. The Morgan fingerprint density at radius 1 is 1.30 bits per heavy atom. The van der Waals surface area contributed by atoms with Gasteiger partial charge in [0, 0.05) is 18.0 Å². The van der Waals surface area contributed by atoms with Crippen LogP contribution in [-0.2, 0) is 20.7 Å². The number of fused-ring (bicyclic) bond motifs is 2. The number of nitrogens with one attached hydrogen (secondary N) is 1. The number of carbonyl (C=O) groups is 2. The maximum atomic E-state index is 12.3. The summed E-state index contributed by atoms with van der Waals surface area (Å²) >= 11 is 0. The number of aryl methyl sites for hydroxylation is 2. The largest absolute Gasteiger partial charge is 0.469 e. The van der Waals surface area contributed by atoms with Crippen LogP contribution in [0.25, 0.3) is 0 Å². The average Bonchev–Trinajstić information content (AvgIpc) is 3.21. The first-order chi connectivity index (χ1) is 11.0. The van der Waals surface area contributed by atoms with E-state index in [2.05, 4.69) is 10.5 Å². The lowest BCUT2D eigenvalue weighted by atomic mass is 9.84. The Balaban J connectivity index is 1.60. The molecule has 0 radical (unpaired) electrons. The Kier molecular flexibility index (Phi) is 4.41. The highest BCUT2D eigenvalue weighted by molar-refractivity contribution is 5.79. The quantitative estimate of drug-likeness (QED) is 0.838. The van der Waals surface area contributed by atoms with Gasteiger partial charge in [-0.05, 0) is 51.4 Å². The molecule has 6 nitrogen and oxygen atoms in total. The van der Waals surface area contributed by atoms with E-state index in [4.69, 9.17) is 9.26 Å². The summed E-state index contributed by atoms with van der Waals surface area (Å²) in [7, 11) is 1.42. The van der Waals surface area contributed by atoms with E-state index < -0.39 is 0 Å². The van der Waals surface area contributed by atoms with Crippen LogP contribution >= 0.6 is 0 Å². The van der Waals surface area contributed by atoms with Gasteiger partial charge in [-0.3, -0.25) is 9.59 Å². The molecular formula is C17H24N2O4. The molecule has 2 aliphatic carbocycles. The van der Waals surface area contributed by atoms with Crippen LogP contribution in [0, 0.1) is 31.6 Å². The number of carbonyl (C=O) groups excluding carboxylic acids is 2. The van der Waals surface area contributed by atoms with Gasteiger partial charge >= 0.3 is 5.97 Å². The van der Waals surface area contributed by atoms with Gasteiger partial charge < -0.3 is 14.6 Å². The fourth-order valence-corrected chi connectivity index (χ4v) is 4.33. The molecule has 1 N–H and O–H groups in total. The molecule has 2 aliphatic rings. The van der Waals surface area contributed by atoms with Gasteiger partial charge in [-0.2, -0.15) is 0 Å². The number of amides is 1. The molecule has 0 spiro atoms. The minimum absolute atomic E-state index is 0.0172. The van der Waals surface area contributed by atoms with E-state index in [0.29, 0.717) is 24.7 Å². The molecule has 1 amide bonds. The molecule has 23 heavy (non-hydrogen) atoms. The van der Waals surface area contributed by atoms with Crippen LogP contribution < -0.4 is 5.32 Å². The lowest BCUT2D eigenvalue weighted by molar-refractivity contribution is -0.148. The van der Waals surface area contributed by atoms with Crippen molar-refractivity contribution in [2.45, 2.75) is 52.0 Å². The second-order valence-electron chi connectivity index (χ2n) is 6.78. The molecule has 0 aromatic carbocycles. The van der Waals surface area contributed by atoms with Crippen molar-refractivity contribution < 1.29 is 18.8 Å². The van der Waals surface area contributed by atoms with Crippen molar-refractivity contribution in [3.63, 3.8) is 0 Å². The molecule has 2 bridgehead atoms. The average molecular weight is 320 g/mol. The Hall–Kier alpha value is -1.85. The second-order valence-corrected chi connectivity index (χ2v) is 6.78. The Morgan fingerprint density at radius 2 is 2.04 bits per heavy atom. The summed E-state index contributed by atoms with van der Waals surface area (Å²) in [4.78, 5) is 24.4. The maximum absolute atomic E-state index is 12.3.